The molecule has 3 aromatic rings. The van der Waals surface area contributed by atoms with Gasteiger partial charge in [0.15, 0.2) is 5.78 Å². The third kappa shape index (κ3) is 5.43. The van der Waals surface area contributed by atoms with Gasteiger partial charge < -0.3 is 10.6 Å². The molecule has 1 atom stereocenters. The second-order valence-electron chi connectivity index (χ2n) is 8.44. The summed E-state index contributed by atoms with van der Waals surface area (Å²) in [7, 11) is 1.64. The number of hydrogen-bond donors (Lipinski definition) is 2. The average Bonchev–Trinajstić information content (AvgIpc) is 2.95. The van der Waals surface area contributed by atoms with Crippen molar-refractivity contribution < 1.29 is 18.8 Å². The Morgan fingerprint density at radius 1 is 1.00 bits per heavy atom. The van der Waals surface area contributed by atoms with Crippen LogP contribution in [0.25, 0.3) is 5.57 Å². The van der Waals surface area contributed by atoms with Gasteiger partial charge in [-0.1, -0.05) is 36.6 Å². The van der Waals surface area contributed by atoms with Crippen molar-refractivity contribution in [1.82, 2.24) is 9.88 Å². The average molecular weight is 510 g/mol. The second-order valence-corrected chi connectivity index (χ2v) is 8.44. The Balaban J connectivity index is 1.79. The van der Waals surface area contributed by atoms with Crippen molar-refractivity contribution in [2.75, 3.05) is 12.4 Å². The number of carbonyl (C=O) groups is 3. The highest BCUT2D eigenvalue weighted by Crippen LogP contribution is 2.20. The van der Waals surface area contributed by atoms with E-state index < -0.39 is 35.0 Å². The van der Waals surface area contributed by atoms with Gasteiger partial charge >= 0.3 is 0 Å². The lowest BCUT2D eigenvalue weighted by Crippen LogP contribution is -2.40. The Bertz CT molecular complexity index is 1620. The Kier molecular flexibility index (Phi) is 7.90. The van der Waals surface area contributed by atoms with Gasteiger partial charge in [0, 0.05) is 22.3 Å². The van der Waals surface area contributed by atoms with Gasteiger partial charge in [0.2, 0.25) is 5.91 Å². The van der Waals surface area contributed by atoms with Gasteiger partial charge in [0.05, 0.1) is 11.7 Å². The third-order valence-electron chi connectivity index (χ3n) is 6.02. The number of aromatic nitrogens is 1. The topological polar surface area (TPSA) is 97.3 Å². The fraction of sp³-hybridized carbons (Fsp3) is 0.133. The summed E-state index contributed by atoms with van der Waals surface area (Å²) in [5.74, 6) is -1.99. The van der Waals surface area contributed by atoms with E-state index in [1.807, 2.05) is 6.92 Å². The Morgan fingerprint density at radius 3 is 2.39 bits per heavy atom. The molecule has 2 N–H and O–H groups in total. The van der Waals surface area contributed by atoms with Crippen LogP contribution >= 0.6 is 0 Å². The molecule has 0 radical (unpaired) electrons. The molecule has 0 saturated carbocycles. The zero-order chi connectivity index (χ0) is 27.2. The van der Waals surface area contributed by atoms with Gasteiger partial charge in [-0.15, -0.1) is 0 Å². The zero-order valence-electron chi connectivity index (χ0n) is 20.7. The highest BCUT2D eigenvalue weighted by molar-refractivity contribution is 6.10. The monoisotopic (exact) mass is 509 g/mol. The molecule has 8 heteroatoms. The van der Waals surface area contributed by atoms with Gasteiger partial charge in [-0.3, -0.25) is 19.2 Å². The Morgan fingerprint density at radius 2 is 1.74 bits per heavy atom. The lowest BCUT2D eigenvalue weighted by Gasteiger charge is -2.17. The summed E-state index contributed by atoms with van der Waals surface area (Å²) in [6.07, 6.45) is 5.50. The maximum absolute atomic E-state index is 13.8. The first-order valence-corrected chi connectivity index (χ1v) is 11.9. The molecule has 0 fully saturated rings. The molecular formula is C30H24FN3O4. The first kappa shape index (κ1) is 26.2. The normalized spacial score (nSPS) is 12.7. The SMILES string of the molecule is CC[C@H](NC)C(=O)Nc1ccc(C2=C=C=CC=C2)n(C(=O)c2cccc(C(=O)c3ccc(F)cc3)c2)c1=O. The molecule has 7 nitrogen and oxygen atoms in total. The first-order chi connectivity index (χ1) is 18.3. The number of ketones is 1. The number of anilines is 1. The van der Waals surface area contributed by atoms with E-state index in [4.69, 9.17) is 0 Å². The predicted octanol–water partition coefficient (Wildman–Crippen LogP) is 4.11. The van der Waals surface area contributed by atoms with Crippen molar-refractivity contribution in [2.45, 2.75) is 19.4 Å². The number of allylic oxidation sites excluding steroid dienone is 4. The van der Waals surface area contributed by atoms with E-state index in [9.17, 15) is 23.6 Å². The van der Waals surface area contributed by atoms with Crippen molar-refractivity contribution in [3.8, 4) is 0 Å². The van der Waals surface area contributed by atoms with Crippen LogP contribution in [0.4, 0.5) is 10.1 Å². The molecule has 1 amide bonds. The maximum Gasteiger partial charge on any atom is 0.281 e. The predicted molar refractivity (Wildman–Crippen MR) is 143 cm³/mol. The van der Waals surface area contributed by atoms with Gasteiger partial charge in [0.25, 0.3) is 11.5 Å². The minimum atomic E-state index is -0.737. The van der Waals surface area contributed by atoms with Crippen LogP contribution < -0.4 is 16.2 Å². The van der Waals surface area contributed by atoms with E-state index in [1.54, 1.807) is 31.3 Å². The van der Waals surface area contributed by atoms with Gasteiger partial charge in [-0.2, -0.15) is 0 Å². The number of nitrogens with zero attached hydrogens (tertiary/aromatic N) is 1. The molecule has 1 aliphatic carbocycles. The van der Waals surface area contributed by atoms with E-state index in [2.05, 4.69) is 22.1 Å². The van der Waals surface area contributed by atoms with Crippen LogP contribution in [-0.4, -0.2) is 35.3 Å². The molecular weight excluding hydrogens is 485 g/mol. The molecule has 1 aliphatic rings. The summed E-state index contributed by atoms with van der Waals surface area (Å²) < 4.78 is 14.2. The molecule has 38 heavy (non-hydrogen) atoms. The lowest BCUT2D eigenvalue weighted by molar-refractivity contribution is -0.118. The molecule has 1 heterocycles. The number of rotatable bonds is 8. The molecule has 2 aromatic carbocycles. The standard InChI is InChI=1S/C30H24FN3O4/c1-3-24(32-2)28(36)33-25-16-17-26(19-8-5-4-6-9-19)34(30(25)38)29(37)22-11-7-10-21(18-22)27(35)20-12-14-23(31)15-13-20/h4-5,7-8,10-18,24,32H,3H2,1-2H3,(H,33,36)/t24-/m0/s1. The zero-order valence-corrected chi connectivity index (χ0v) is 20.7. The van der Waals surface area contributed by atoms with Crippen LogP contribution in [0.2, 0.25) is 0 Å². The summed E-state index contributed by atoms with van der Waals surface area (Å²) in [5.41, 5.74) is 6.10. The van der Waals surface area contributed by atoms with Gasteiger partial charge in [0.1, 0.15) is 11.5 Å². The van der Waals surface area contributed by atoms with Crippen molar-refractivity contribution in [3.05, 3.63) is 129 Å². The number of benzene rings is 2. The summed E-state index contributed by atoms with van der Waals surface area (Å²) >= 11 is 0. The lowest BCUT2D eigenvalue weighted by atomic mass is 10.0. The first-order valence-electron chi connectivity index (χ1n) is 11.9. The van der Waals surface area contributed by atoms with Crippen LogP contribution in [0.5, 0.6) is 0 Å². The van der Waals surface area contributed by atoms with Crippen LogP contribution in [-0.2, 0) is 4.79 Å². The number of hydrogen-bond acceptors (Lipinski definition) is 5. The summed E-state index contributed by atoms with van der Waals surface area (Å²) in [6.45, 7) is 1.83. The van der Waals surface area contributed by atoms with Crippen molar-refractivity contribution in [2.24, 2.45) is 0 Å². The second kappa shape index (κ2) is 11.5. The van der Waals surface area contributed by atoms with Crippen molar-refractivity contribution in [1.29, 1.82) is 0 Å². The highest BCUT2D eigenvalue weighted by Gasteiger charge is 2.22. The van der Waals surface area contributed by atoms with Gasteiger partial charge in [-0.25, -0.2) is 8.96 Å². The molecule has 0 spiro atoms. The largest absolute Gasteiger partial charge is 0.320 e. The van der Waals surface area contributed by atoms with Crippen LogP contribution in [0.15, 0.2) is 95.1 Å². The van der Waals surface area contributed by atoms with E-state index in [1.165, 1.54) is 54.6 Å². The number of pyridine rings is 1. The third-order valence-corrected chi connectivity index (χ3v) is 6.02. The minimum Gasteiger partial charge on any atom is -0.320 e. The quantitative estimate of drug-likeness (QED) is 0.352. The minimum absolute atomic E-state index is 0.0701. The van der Waals surface area contributed by atoms with Crippen molar-refractivity contribution in [3.63, 3.8) is 0 Å². The van der Waals surface area contributed by atoms with Crippen LogP contribution in [0.3, 0.4) is 0 Å². The Hall–Kier alpha value is -4.87. The Labute approximate surface area is 218 Å². The van der Waals surface area contributed by atoms with E-state index in [0.29, 0.717) is 12.0 Å². The molecule has 0 saturated heterocycles. The maximum atomic E-state index is 13.8. The fourth-order valence-corrected chi connectivity index (χ4v) is 3.98. The van der Waals surface area contributed by atoms with Crippen molar-refractivity contribution >= 4 is 28.9 Å². The summed E-state index contributed by atoms with van der Waals surface area (Å²) in [6, 6.07) is 13.5. The summed E-state index contributed by atoms with van der Waals surface area (Å²) in [4.78, 5) is 52.9. The van der Waals surface area contributed by atoms with Gasteiger partial charge in [-0.05, 0) is 74.2 Å². The molecule has 0 aliphatic heterocycles. The van der Waals surface area contributed by atoms with Crippen LogP contribution in [0, 0.1) is 5.82 Å². The van der Waals surface area contributed by atoms with E-state index >= 15 is 0 Å². The van der Waals surface area contributed by atoms with E-state index in [0.717, 1.165) is 4.57 Å². The molecule has 0 unspecified atom stereocenters. The number of carbonyl (C=O) groups excluding carboxylic acids is 3. The summed E-state index contributed by atoms with van der Waals surface area (Å²) in [5, 5.41) is 5.48. The fourth-order valence-electron chi connectivity index (χ4n) is 3.98. The molecule has 1 aromatic heterocycles. The number of likely N-dealkylation sites (N-methyl/N-ethyl adjacent to an activating group) is 1. The molecule has 190 valence electrons. The number of halogens is 1. The molecule has 4 rings (SSSR count). The van der Waals surface area contributed by atoms with Crippen LogP contribution in [0.1, 0.15) is 45.3 Å². The smallest absolute Gasteiger partial charge is 0.281 e. The number of amides is 1. The highest BCUT2D eigenvalue weighted by atomic mass is 19.1. The number of nitrogens with one attached hydrogen (secondary N) is 2. The molecule has 0 bridgehead atoms. The van der Waals surface area contributed by atoms with E-state index in [-0.39, 0.29) is 28.1 Å².